The second kappa shape index (κ2) is 6.15. The van der Waals surface area contributed by atoms with Crippen molar-refractivity contribution in [3.05, 3.63) is 29.3 Å². The van der Waals surface area contributed by atoms with E-state index in [0.717, 1.165) is 42.2 Å². The van der Waals surface area contributed by atoms with Crippen LogP contribution in [0.1, 0.15) is 35.2 Å². The molecule has 0 saturated carbocycles. The molecule has 6 heteroatoms. The maximum atomic E-state index is 12.6. The number of aryl methyl sites for hydroxylation is 1. The van der Waals surface area contributed by atoms with Gasteiger partial charge >= 0.3 is 0 Å². The quantitative estimate of drug-likeness (QED) is 0.856. The Morgan fingerprint density at radius 1 is 1.14 bits per heavy atom. The van der Waals surface area contributed by atoms with Gasteiger partial charge in [-0.3, -0.25) is 4.79 Å². The smallest absolute Gasteiger partial charge is 0.254 e. The van der Waals surface area contributed by atoms with E-state index in [1.165, 1.54) is 20.2 Å². The Kier molecular flexibility index (Phi) is 4.68. The van der Waals surface area contributed by atoms with Crippen molar-refractivity contribution in [2.75, 3.05) is 27.2 Å². The predicted octanol–water partition coefficient (Wildman–Crippen LogP) is 1.87. The third-order valence-corrected chi connectivity index (χ3v) is 5.67. The monoisotopic (exact) mass is 310 g/mol. The highest BCUT2D eigenvalue weighted by Crippen LogP contribution is 2.21. The lowest BCUT2D eigenvalue weighted by atomic mass is 10.1. The molecule has 0 N–H and O–H groups in total. The number of carbonyl (C=O) groups excluding carboxylic acids is 1. The van der Waals surface area contributed by atoms with Crippen LogP contribution in [-0.2, 0) is 10.0 Å². The second-order valence-electron chi connectivity index (χ2n) is 5.62. The molecule has 0 spiro atoms. The summed E-state index contributed by atoms with van der Waals surface area (Å²) in [5, 5.41) is 0. The molecule has 116 valence electrons. The predicted molar refractivity (Wildman–Crippen MR) is 81.8 cm³/mol. The molecule has 0 unspecified atom stereocenters. The number of sulfonamides is 1. The van der Waals surface area contributed by atoms with Gasteiger partial charge in [-0.25, -0.2) is 12.7 Å². The van der Waals surface area contributed by atoms with Crippen LogP contribution < -0.4 is 0 Å². The van der Waals surface area contributed by atoms with E-state index in [9.17, 15) is 13.2 Å². The molecule has 1 heterocycles. The van der Waals surface area contributed by atoms with Gasteiger partial charge in [-0.2, -0.15) is 0 Å². The first-order valence-electron chi connectivity index (χ1n) is 7.16. The molecule has 0 aliphatic carbocycles. The zero-order chi connectivity index (χ0) is 15.6. The third kappa shape index (κ3) is 3.27. The molecule has 21 heavy (non-hydrogen) atoms. The molecule has 0 bridgehead atoms. The first-order valence-corrected chi connectivity index (χ1v) is 8.60. The third-order valence-electron chi connectivity index (χ3n) is 3.86. The highest BCUT2D eigenvalue weighted by molar-refractivity contribution is 7.89. The van der Waals surface area contributed by atoms with Gasteiger partial charge in [0.1, 0.15) is 0 Å². The zero-order valence-corrected chi connectivity index (χ0v) is 13.6. The highest BCUT2D eigenvalue weighted by atomic mass is 32.2. The van der Waals surface area contributed by atoms with Crippen molar-refractivity contribution in [2.45, 2.75) is 31.1 Å². The summed E-state index contributed by atoms with van der Waals surface area (Å²) in [5.41, 5.74) is 1.29. The van der Waals surface area contributed by atoms with E-state index in [0.29, 0.717) is 5.56 Å². The van der Waals surface area contributed by atoms with Crippen LogP contribution in [0.2, 0.25) is 0 Å². The van der Waals surface area contributed by atoms with Crippen molar-refractivity contribution in [3.8, 4) is 0 Å². The Morgan fingerprint density at radius 2 is 1.76 bits per heavy atom. The minimum atomic E-state index is -3.52. The summed E-state index contributed by atoms with van der Waals surface area (Å²) in [6.07, 6.45) is 3.18. The largest absolute Gasteiger partial charge is 0.339 e. The van der Waals surface area contributed by atoms with Gasteiger partial charge < -0.3 is 4.90 Å². The maximum absolute atomic E-state index is 12.6. The minimum Gasteiger partial charge on any atom is -0.339 e. The summed E-state index contributed by atoms with van der Waals surface area (Å²) in [5.74, 6) is -0.0667. The van der Waals surface area contributed by atoms with E-state index in [1.54, 1.807) is 12.1 Å². The molecule has 0 atom stereocenters. The van der Waals surface area contributed by atoms with Crippen molar-refractivity contribution < 1.29 is 13.2 Å². The molecule has 1 aliphatic heterocycles. The summed E-state index contributed by atoms with van der Waals surface area (Å²) >= 11 is 0. The van der Waals surface area contributed by atoms with E-state index in [1.807, 2.05) is 11.8 Å². The number of hydrogen-bond donors (Lipinski definition) is 0. The fraction of sp³-hybridized carbons (Fsp3) is 0.533. The van der Waals surface area contributed by atoms with Gasteiger partial charge in [0.15, 0.2) is 0 Å². The normalized spacial score (nSPS) is 16.3. The Balaban J connectivity index is 2.37. The summed E-state index contributed by atoms with van der Waals surface area (Å²) in [6, 6.07) is 4.76. The number of likely N-dealkylation sites (tertiary alicyclic amines) is 1. The van der Waals surface area contributed by atoms with Crippen LogP contribution >= 0.6 is 0 Å². The number of hydrogen-bond acceptors (Lipinski definition) is 3. The van der Waals surface area contributed by atoms with Gasteiger partial charge in [0, 0.05) is 32.7 Å². The number of nitrogens with zero attached hydrogens (tertiary/aromatic N) is 2. The van der Waals surface area contributed by atoms with E-state index in [-0.39, 0.29) is 10.8 Å². The molecule has 1 aromatic carbocycles. The summed E-state index contributed by atoms with van der Waals surface area (Å²) in [6.45, 7) is 3.34. The molecule has 1 aromatic rings. The first kappa shape index (κ1) is 16.0. The Labute approximate surface area is 126 Å². The fourth-order valence-corrected chi connectivity index (χ4v) is 3.40. The number of benzene rings is 1. The first-order chi connectivity index (χ1) is 9.84. The van der Waals surface area contributed by atoms with E-state index in [2.05, 4.69) is 0 Å². The lowest BCUT2D eigenvalue weighted by Gasteiger charge is -2.27. The minimum absolute atomic E-state index is 0.0667. The Hall–Kier alpha value is -1.40. The van der Waals surface area contributed by atoms with Gasteiger partial charge in [0.25, 0.3) is 5.91 Å². The molecular formula is C15H22N2O3S. The van der Waals surface area contributed by atoms with Gasteiger partial charge in [0.2, 0.25) is 10.0 Å². The molecule has 1 saturated heterocycles. The number of amides is 1. The van der Waals surface area contributed by atoms with Crippen molar-refractivity contribution in [1.82, 2.24) is 9.21 Å². The average Bonchev–Trinajstić information content (AvgIpc) is 2.47. The summed E-state index contributed by atoms with van der Waals surface area (Å²) in [7, 11) is -0.543. The van der Waals surface area contributed by atoms with E-state index >= 15 is 0 Å². The number of piperidine rings is 1. The standard InChI is InChI=1S/C15H22N2O3S/c1-12-7-8-13(21(19,20)16(2)3)11-14(12)15(18)17-9-5-4-6-10-17/h7-8,11H,4-6,9-10H2,1-3H3. The van der Waals surface area contributed by atoms with E-state index < -0.39 is 10.0 Å². The number of rotatable bonds is 3. The van der Waals surface area contributed by atoms with Crippen molar-refractivity contribution in [3.63, 3.8) is 0 Å². The van der Waals surface area contributed by atoms with Crippen LogP contribution in [-0.4, -0.2) is 50.7 Å². The molecule has 2 rings (SSSR count). The fourth-order valence-electron chi connectivity index (χ4n) is 2.47. The lowest BCUT2D eigenvalue weighted by Crippen LogP contribution is -2.36. The van der Waals surface area contributed by atoms with Crippen LogP contribution in [0.5, 0.6) is 0 Å². The van der Waals surface area contributed by atoms with Gasteiger partial charge in [-0.05, 0) is 43.9 Å². The van der Waals surface area contributed by atoms with Crippen molar-refractivity contribution in [1.29, 1.82) is 0 Å². The van der Waals surface area contributed by atoms with Crippen LogP contribution in [0.3, 0.4) is 0 Å². The molecule has 1 fully saturated rings. The summed E-state index contributed by atoms with van der Waals surface area (Å²) in [4.78, 5) is 14.6. The van der Waals surface area contributed by atoms with Gasteiger partial charge in [0.05, 0.1) is 4.90 Å². The molecule has 0 aromatic heterocycles. The van der Waals surface area contributed by atoms with Gasteiger partial charge in [-0.15, -0.1) is 0 Å². The highest BCUT2D eigenvalue weighted by Gasteiger charge is 2.23. The zero-order valence-electron chi connectivity index (χ0n) is 12.8. The van der Waals surface area contributed by atoms with Gasteiger partial charge in [-0.1, -0.05) is 6.07 Å². The molecule has 5 nitrogen and oxygen atoms in total. The summed E-state index contributed by atoms with van der Waals surface area (Å²) < 4.78 is 25.6. The molecule has 0 radical (unpaired) electrons. The second-order valence-corrected chi connectivity index (χ2v) is 7.77. The SMILES string of the molecule is Cc1ccc(S(=O)(=O)N(C)C)cc1C(=O)N1CCCCC1. The maximum Gasteiger partial charge on any atom is 0.254 e. The number of carbonyl (C=O) groups is 1. The topological polar surface area (TPSA) is 57.7 Å². The van der Waals surface area contributed by atoms with Crippen LogP contribution in [0.25, 0.3) is 0 Å². The molecular weight excluding hydrogens is 288 g/mol. The van der Waals surface area contributed by atoms with Crippen molar-refractivity contribution in [2.24, 2.45) is 0 Å². The molecule has 1 aliphatic rings. The van der Waals surface area contributed by atoms with Crippen LogP contribution in [0.15, 0.2) is 23.1 Å². The van der Waals surface area contributed by atoms with Crippen LogP contribution in [0, 0.1) is 6.92 Å². The van der Waals surface area contributed by atoms with E-state index in [4.69, 9.17) is 0 Å². The van der Waals surface area contributed by atoms with Crippen molar-refractivity contribution >= 4 is 15.9 Å². The Bertz CT molecular complexity index is 632. The average molecular weight is 310 g/mol. The Morgan fingerprint density at radius 3 is 2.33 bits per heavy atom. The molecule has 1 amide bonds. The lowest BCUT2D eigenvalue weighted by molar-refractivity contribution is 0.0723. The van der Waals surface area contributed by atoms with Crippen LogP contribution in [0.4, 0.5) is 0 Å².